The van der Waals surface area contributed by atoms with Crippen LogP contribution in [-0.2, 0) is 16.0 Å². The lowest BCUT2D eigenvalue weighted by molar-refractivity contribution is -0.154. The van der Waals surface area contributed by atoms with Crippen LogP contribution in [-0.4, -0.2) is 41.0 Å². The topological polar surface area (TPSA) is 89.7 Å². The monoisotopic (exact) mass is 388 g/mol. The number of carbonyl (C=O) groups excluding carboxylic acids is 2. The van der Waals surface area contributed by atoms with Crippen molar-refractivity contribution in [1.82, 2.24) is 9.88 Å². The number of esters is 1. The van der Waals surface area contributed by atoms with Crippen LogP contribution in [0.5, 0.6) is 0 Å². The third-order valence-corrected chi connectivity index (χ3v) is 6.28. The van der Waals surface area contributed by atoms with Crippen molar-refractivity contribution < 1.29 is 18.7 Å². The number of ether oxygens (including phenoxy) is 1. The maximum atomic E-state index is 13.1. The van der Waals surface area contributed by atoms with E-state index < -0.39 is 5.41 Å². The van der Waals surface area contributed by atoms with Gasteiger partial charge in [0.05, 0.1) is 23.7 Å². The van der Waals surface area contributed by atoms with E-state index >= 15 is 0 Å². The largest absolute Gasteiger partial charge is 0.469 e. The zero-order valence-electron chi connectivity index (χ0n) is 15.1. The number of aryl methyl sites for hydroxylation is 1. The summed E-state index contributed by atoms with van der Waals surface area (Å²) in [6.45, 7) is 1.64. The lowest BCUT2D eigenvalue weighted by atomic mass is 9.71. The molecule has 4 rings (SSSR count). The normalized spacial score (nSPS) is 26.4. The summed E-state index contributed by atoms with van der Waals surface area (Å²) in [4.78, 5) is 43.8. The van der Waals surface area contributed by atoms with E-state index in [1.165, 1.54) is 30.6 Å². The highest BCUT2D eigenvalue weighted by Gasteiger charge is 2.62. The number of rotatable bonds is 4. The Kier molecular flexibility index (Phi) is 4.38. The van der Waals surface area contributed by atoms with Crippen molar-refractivity contribution in [3.63, 3.8) is 0 Å². The van der Waals surface area contributed by atoms with Crippen LogP contribution < -0.4 is 5.43 Å². The molecule has 27 heavy (non-hydrogen) atoms. The minimum absolute atomic E-state index is 0.0197. The van der Waals surface area contributed by atoms with Crippen molar-refractivity contribution in [2.75, 3.05) is 7.11 Å². The predicted octanol–water partition coefficient (Wildman–Crippen LogP) is 2.18. The third kappa shape index (κ3) is 2.88. The van der Waals surface area contributed by atoms with Crippen LogP contribution >= 0.6 is 11.3 Å². The number of aromatic nitrogens is 1. The van der Waals surface area contributed by atoms with Gasteiger partial charge in [-0.1, -0.05) is 0 Å². The van der Waals surface area contributed by atoms with Crippen molar-refractivity contribution in [1.29, 1.82) is 0 Å². The van der Waals surface area contributed by atoms with E-state index in [1.807, 2.05) is 5.38 Å². The highest BCUT2D eigenvalue weighted by atomic mass is 32.1. The van der Waals surface area contributed by atoms with Gasteiger partial charge in [0.15, 0.2) is 11.2 Å². The Morgan fingerprint density at radius 3 is 2.89 bits per heavy atom. The molecule has 0 N–H and O–H groups in total. The van der Waals surface area contributed by atoms with Gasteiger partial charge in [-0.15, -0.1) is 11.3 Å². The van der Waals surface area contributed by atoms with E-state index in [2.05, 4.69) is 4.98 Å². The SMILES string of the molecule is COC(=O)[C@@]1(Cc2cscn2)C[C@H]2CC[C@@H]1N2C(=O)c1cc(=O)cc(C)o1. The maximum absolute atomic E-state index is 13.1. The highest BCUT2D eigenvalue weighted by Crippen LogP contribution is 2.52. The molecule has 0 aromatic carbocycles. The molecule has 0 aliphatic carbocycles. The summed E-state index contributed by atoms with van der Waals surface area (Å²) >= 11 is 1.47. The lowest BCUT2D eigenvalue weighted by Crippen LogP contribution is -2.47. The lowest BCUT2D eigenvalue weighted by Gasteiger charge is -2.34. The molecule has 1 amide bonds. The molecule has 2 aromatic rings. The molecule has 0 saturated carbocycles. The van der Waals surface area contributed by atoms with Gasteiger partial charge in [0.25, 0.3) is 5.91 Å². The quantitative estimate of drug-likeness (QED) is 0.746. The zero-order valence-corrected chi connectivity index (χ0v) is 16.0. The molecule has 0 unspecified atom stereocenters. The highest BCUT2D eigenvalue weighted by molar-refractivity contribution is 7.07. The van der Waals surface area contributed by atoms with Crippen molar-refractivity contribution in [3.8, 4) is 0 Å². The molecule has 2 fully saturated rings. The number of amides is 1. The summed E-state index contributed by atoms with van der Waals surface area (Å²) in [6, 6.07) is 2.19. The van der Waals surface area contributed by atoms with Crippen LogP contribution in [0.3, 0.4) is 0 Å². The Bertz CT molecular complexity index is 938. The molecule has 2 aliphatic rings. The average Bonchev–Trinajstić information content (AvgIpc) is 3.35. The standard InChI is InChI=1S/C19H20N2O5S/c1-11-5-14(22)6-15(26-11)17(23)21-13-3-4-16(21)19(8-13,18(24)25-2)7-12-9-27-10-20-12/h5-6,9-10,13,16H,3-4,7-8H2,1-2H3/t13-,16+,19+/m1/s1. The summed E-state index contributed by atoms with van der Waals surface area (Å²) < 4.78 is 10.6. The van der Waals surface area contributed by atoms with Crippen LogP contribution in [0, 0.1) is 12.3 Å². The molecule has 2 aromatic heterocycles. The van der Waals surface area contributed by atoms with Gasteiger partial charge in [-0.3, -0.25) is 14.4 Å². The summed E-state index contributed by atoms with van der Waals surface area (Å²) in [5.74, 6) is -0.246. The first-order valence-corrected chi connectivity index (χ1v) is 9.79. The van der Waals surface area contributed by atoms with Gasteiger partial charge in [0.1, 0.15) is 5.76 Å². The second kappa shape index (κ2) is 6.60. The number of hydrogen-bond donors (Lipinski definition) is 0. The number of nitrogens with zero attached hydrogens (tertiary/aromatic N) is 2. The third-order valence-electron chi connectivity index (χ3n) is 5.65. The van der Waals surface area contributed by atoms with Crippen molar-refractivity contribution in [3.05, 3.63) is 50.5 Å². The van der Waals surface area contributed by atoms with Crippen molar-refractivity contribution in [2.45, 2.75) is 44.7 Å². The molecule has 142 valence electrons. The number of carbonyl (C=O) groups is 2. The van der Waals surface area contributed by atoms with Gasteiger partial charge in [-0.2, -0.15) is 0 Å². The van der Waals surface area contributed by atoms with Crippen LogP contribution in [0.4, 0.5) is 0 Å². The zero-order chi connectivity index (χ0) is 19.2. The Labute approximate surface area is 160 Å². The number of thiazole rings is 1. The van der Waals surface area contributed by atoms with Crippen LogP contribution in [0.1, 0.15) is 41.3 Å². The van der Waals surface area contributed by atoms with E-state index in [1.54, 1.807) is 17.3 Å². The predicted molar refractivity (Wildman–Crippen MR) is 97.6 cm³/mol. The Hall–Kier alpha value is -2.48. The first kappa shape index (κ1) is 17.9. The Morgan fingerprint density at radius 2 is 2.22 bits per heavy atom. The molecule has 2 saturated heterocycles. The summed E-state index contributed by atoms with van der Waals surface area (Å²) in [5.41, 5.74) is 1.48. The Morgan fingerprint density at radius 1 is 1.41 bits per heavy atom. The van der Waals surface area contributed by atoms with Gasteiger partial charge < -0.3 is 14.1 Å². The summed E-state index contributed by atoms with van der Waals surface area (Å²) in [7, 11) is 1.38. The molecule has 8 heteroatoms. The van der Waals surface area contributed by atoms with E-state index in [4.69, 9.17) is 9.15 Å². The van der Waals surface area contributed by atoms with E-state index in [-0.39, 0.29) is 35.1 Å². The van der Waals surface area contributed by atoms with E-state index in [0.717, 1.165) is 12.1 Å². The van der Waals surface area contributed by atoms with Crippen LogP contribution in [0.2, 0.25) is 0 Å². The second-order valence-corrected chi connectivity index (χ2v) is 7.95. The fraction of sp³-hybridized carbons (Fsp3) is 0.474. The molecule has 0 spiro atoms. The fourth-order valence-corrected chi connectivity index (χ4v) is 5.22. The first-order valence-electron chi connectivity index (χ1n) is 8.84. The molecule has 7 nitrogen and oxygen atoms in total. The Balaban J connectivity index is 1.71. The molecular formula is C19H20N2O5S. The van der Waals surface area contributed by atoms with Gasteiger partial charge in [-0.25, -0.2) is 4.98 Å². The van der Waals surface area contributed by atoms with Gasteiger partial charge in [0.2, 0.25) is 0 Å². The molecule has 2 aliphatic heterocycles. The molecular weight excluding hydrogens is 368 g/mol. The summed E-state index contributed by atoms with van der Waals surface area (Å²) in [6.07, 6.45) is 2.50. The summed E-state index contributed by atoms with van der Waals surface area (Å²) in [5, 5.41) is 1.92. The van der Waals surface area contributed by atoms with Crippen molar-refractivity contribution in [2.24, 2.45) is 5.41 Å². The molecule has 4 heterocycles. The van der Waals surface area contributed by atoms with Gasteiger partial charge in [0, 0.05) is 36.0 Å². The van der Waals surface area contributed by atoms with E-state index in [0.29, 0.717) is 25.0 Å². The smallest absolute Gasteiger partial charge is 0.314 e. The molecule has 0 radical (unpaired) electrons. The average molecular weight is 388 g/mol. The number of fused-ring (bicyclic) bond motifs is 2. The molecule has 2 bridgehead atoms. The fourth-order valence-electron chi connectivity index (χ4n) is 4.66. The maximum Gasteiger partial charge on any atom is 0.314 e. The minimum Gasteiger partial charge on any atom is -0.469 e. The van der Waals surface area contributed by atoms with Crippen LogP contribution in [0.15, 0.2) is 32.2 Å². The van der Waals surface area contributed by atoms with Crippen molar-refractivity contribution >= 4 is 23.2 Å². The minimum atomic E-state index is -0.814. The van der Waals surface area contributed by atoms with E-state index in [9.17, 15) is 14.4 Å². The number of methoxy groups -OCH3 is 1. The van der Waals surface area contributed by atoms with Gasteiger partial charge >= 0.3 is 5.97 Å². The molecule has 3 atom stereocenters. The first-order chi connectivity index (χ1) is 12.9. The number of hydrogen-bond acceptors (Lipinski definition) is 7. The van der Waals surface area contributed by atoms with Gasteiger partial charge in [-0.05, 0) is 26.2 Å². The second-order valence-electron chi connectivity index (χ2n) is 7.24. The van der Waals surface area contributed by atoms with Crippen LogP contribution in [0.25, 0.3) is 0 Å².